The average Bonchev–Trinajstić information content (AvgIpc) is 2.47. The van der Waals surface area contributed by atoms with Crippen LogP contribution in [-0.2, 0) is 0 Å². The van der Waals surface area contributed by atoms with E-state index in [9.17, 15) is 0 Å². The minimum Gasteiger partial charge on any atom is -0.307 e. The highest BCUT2D eigenvalue weighted by molar-refractivity contribution is 6.25. The molecular formula is C17H25ClN2. The molecule has 110 valence electrons. The Labute approximate surface area is 127 Å². The monoisotopic (exact) mass is 292 g/mol. The first kappa shape index (κ1) is 15.6. The molecule has 0 radical (unpaired) electrons. The molecule has 2 rings (SSSR count). The summed E-state index contributed by atoms with van der Waals surface area (Å²) in [5.41, 5.74) is 4.30. The highest BCUT2D eigenvalue weighted by atomic mass is 35.5. The fraction of sp³-hybridized carbons (Fsp3) is 0.529. The second-order valence-electron chi connectivity index (χ2n) is 6.07. The minimum absolute atomic E-state index is 0.411. The van der Waals surface area contributed by atoms with E-state index in [1.165, 1.54) is 11.1 Å². The lowest BCUT2D eigenvalue weighted by molar-refractivity contribution is 0.109. The molecule has 1 aliphatic heterocycles. The van der Waals surface area contributed by atoms with Crippen LogP contribution in [0.3, 0.4) is 0 Å². The van der Waals surface area contributed by atoms with E-state index in [0.717, 1.165) is 19.6 Å². The van der Waals surface area contributed by atoms with E-state index < -0.39 is 0 Å². The molecular weight excluding hydrogens is 268 g/mol. The molecule has 1 aliphatic rings. The molecule has 2 atom stereocenters. The first-order valence-corrected chi connectivity index (χ1v) is 7.83. The zero-order chi connectivity index (χ0) is 14.5. The zero-order valence-electron chi connectivity index (χ0n) is 12.6. The van der Waals surface area contributed by atoms with Crippen LogP contribution in [-0.4, -0.2) is 30.6 Å². The van der Waals surface area contributed by atoms with Crippen molar-refractivity contribution in [1.29, 1.82) is 0 Å². The van der Waals surface area contributed by atoms with Crippen molar-refractivity contribution in [1.82, 2.24) is 10.2 Å². The SMILES string of the molecule is C/C(=C\Cl)CN1CC(c2ccccc2)NCC1C(C)C. The van der Waals surface area contributed by atoms with Crippen molar-refractivity contribution >= 4 is 11.6 Å². The van der Waals surface area contributed by atoms with Crippen LogP contribution >= 0.6 is 11.6 Å². The van der Waals surface area contributed by atoms with Gasteiger partial charge in [0.15, 0.2) is 0 Å². The fourth-order valence-corrected chi connectivity index (χ4v) is 3.00. The summed E-state index contributed by atoms with van der Waals surface area (Å²) in [4.78, 5) is 2.56. The summed E-state index contributed by atoms with van der Waals surface area (Å²) in [5.74, 6) is 0.641. The number of nitrogens with zero attached hydrogens (tertiary/aromatic N) is 1. The summed E-state index contributed by atoms with van der Waals surface area (Å²) in [6.07, 6.45) is 0. The molecule has 0 amide bonds. The quantitative estimate of drug-likeness (QED) is 0.908. The fourth-order valence-electron chi connectivity index (χ4n) is 2.93. The van der Waals surface area contributed by atoms with E-state index in [2.05, 4.69) is 61.3 Å². The van der Waals surface area contributed by atoms with Gasteiger partial charge in [0.1, 0.15) is 0 Å². The summed E-state index contributed by atoms with van der Waals surface area (Å²) in [6.45, 7) is 9.72. The normalized spacial score (nSPS) is 25.1. The van der Waals surface area contributed by atoms with Gasteiger partial charge in [-0.1, -0.05) is 55.8 Å². The maximum atomic E-state index is 5.85. The van der Waals surface area contributed by atoms with E-state index in [-0.39, 0.29) is 0 Å². The van der Waals surface area contributed by atoms with Crippen molar-refractivity contribution in [2.24, 2.45) is 5.92 Å². The minimum atomic E-state index is 0.411. The van der Waals surface area contributed by atoms with E-state index in [4.69, 9.17) is 11.6 Å². The molecule has 3 heteroatoms. The van der Waals surface area contributed by atoms with Crippen LogP contribution < -0.4 is 5.32 Å². The van der Waals surface area contributed by atoms with Gasteiger partial charge in [-0.3, -0.25) is 4.90 Å². The molecule has 1 heterocycles. The number of hydrogen-bond acceptors (Lipinski definition) is 2. The molecule has 0 aromatic heterocycles. The van der Waals surface area contributed by atoms with Gasteiger partial charge in [0.2, 0.25) is 0 Å². The lowest BCUT2D eigenvalue weighted by Crippen LogP contribution is -2.55. The lowest BCUT2D eigenvalue weighted by Gasteiger charge is -2.42. The smallest absolute Gasteiger partial charge is 0.0450 e. The van der Waals surface area contributed by atoms with Gasteiger partial charge < -0.3 is 5.32 Å². The van der Waals surface area contributed by atoms with Crippen molar-refractivity contribution in [3.05, 3.63) is 47.0 Å². The van der Waals surface area contributed by atoms with Crippen LogP contribution in [0.15, 0.2) is 41.4 Å². The Hall–Kier alpha value is -0.830. The van der Waals surface area contributed by atoms with Crippen LogP contribution in [0.25, 0.3) is 0 Å². The standard InChI is InChI=1S/C17H25ClN2/c1-13(2)17-10-19-16(15-7-5-4-6-8-15)12-20(17)11-14(3)9-18/h4-9,13,16-17,19H,10-12H2,1-3H3/b14-9+. The number of hydrogen-bond donors (Lipinski definition) is 1. The first-order valence-electron chi connectivity index (χ1n) is 7.40. The van der Waals surface area contributed by atoms with Gasteiger partial charge in [0.05, 0.1) is 0 Å². The van der Waals surface area contributed by atoms with Gasteiger partial charge in [-0.25, -0.2) is 0 Å². The Morgan fingerprint density at radius 1 is 1.40 bits per heavy atom. The molecule has 1 fully saturated rings. The first-order chi connectivity index (χ1) is 9.61. The Bertz CT molecular complexity index is 442. The van der Waals surface area contributed by atoms with Crippen LogP contribution in [0, 0.1) is 5.92 Å². The number of halogens is 1. The second-order valence-corrected chi connectivity index (χ2v) is 6.29. The predicted octanol–water partition coefficient (Wildman–Crippen LogP) is 3.80. The molecule has 1 aromatic rings. The third-order valence-corrected chi connectivity index (χ3v) is 4.44. The molecule has 0 aliphatic carbocycles. The van der Waals surface area contributed by atoms with Crippen molar-refractivity contribution in [2.45, 2.75) is 32.9 Å². The Morgan fingerprint density at radius 3 is 2.70 bits per heavy atom. The summed E-state index contributed by atoms with van der Waals surface area (Å²) in [5, 5.41) is 3.69. The Morgan fingerprint density at radius 2 is 2.10 bits per heavy atom. The lowest BCUT2D eigenvalue weighted by atomic mass is 9.95. The third-order valence-electron chi connectivity index (χ3n) is 4.07. The molecule has 1 aromatic carbocycles. The van der Waals surface area contributed by atoms with E-state index in [1.54, 1.807) is 5.54 Å². The topological polar surface area (TPSA) is 15.3 Å². The summed E-state index contributed by atoms with van der Waals surface area (Å²) in [7, 11) is 0. The van der Waals surface area contributed by atoms with Gasteiger partial charge in [-0.15, -0.1) is 0 Å². The Balaban J connectivity index is 2.11. The Kier molecular flexibility index (Phi) is 5.64. The predicted molar refractivity (Wildman–Crippen MR) is 87.0 cm³/mol. The molecule has 0 spiro atoms. The molecule has 0 bridgehead atoms. The van der Waals surface area contributed by atoms with Gasteiger partial charge in [0.25, 0.3) is 0 Å². The van der Waals surface area contributed by atoms with Gasteiger partial charge >= 0.3 is 0 Å². The molecule has 1 saturated heterocycles. The van der Waals surface area contributed by atoms with Gasteiger partial charge in [-0.2, -0.15) is 0 Å². The van der Waals surface area contributed by atoms with Crippen LogP contribution in [0.4, 0.5) is 0 Å². The second kappa shape index (κ2) is 7.26. The van der Waals surface area contributed by atoms with Crippen LogP contribution in [0.2, 0.25) is 0 Å². The van der Waals surface area contributed by atoms with E-state index >= 15 is 0 Å². The number of piperazine rings is 1. The maximum Gasteiger partial charge on any atom is 0.0450 e. The summed E-state index contributed by atoms with van der Waals surface area (Å²) >= 11 is 5.85. The number of nitrogens with one attached hydrogen (secondary N) is 1. The molecule has 1 N–H and O–H groups in total. The summed E-state index contributed by atoms with van der Waals surface area (Å²) < 4.78 is 0. The maximum absolute atomic E-state index is 5.85. The highest BCUT2D eigenvalue weighted by Crippen LogP contribution is 2.24. The number of benzene rings is 1. The van der Waals surface area contributed by atoms with Crippen molar-refractivity contribution in [3.8, 4) is 0 Å². The van der Waals surface area contributed by atoms with E-state index in [1.807, 2.05) is 0 Å². The number of rotatable bonds is 4. The molecule has 0 saturated carbocycles. The molecule has 2 nitrogen and oxygen atoms in total. The molecule has 20 heavy (non-hydrogen) atoms. The largest absolute Gasteiger partial charge is 0.307 e. The third kappa shape index (κ3) is 3.85. The van der Waals surface area contributed by atoms with Crippen LogP contribution in [0.1, 0.15) is 32.4 Å². The molecule has 2 unspecified atom stereocenters. The summed E-state index contributed by atoms with van der Waals surface area (Å²) in [6, 6.07) is 11.7. The van der Waals surface area contributed by atoms with Crippen molar-refractivity contribution in [2.75, 3.05) is 19.6 Å². The van der Waals surface area contributed by atoms with Crippen LogP contribution in [0.5, 0.6) is 0 Å². The van der Waals surface area contributed by atoms with Crippen molar-refractivity contribution < 1.29 is 0 Å². The highest BCUT2D eigenvalue weighted by Gasteiger charge is 2.30. The van der Waals surface area contributed by atoms with Gasteiger partial charge in [0, 0.05) is 37.3 Å². The van der Waals surface area contributed by atoms with E-state index in [0.29, 0.717) is 18.0 Å². The zero-order valence-corrected chi connectivity index (χ0v) is 13.4. The average molecular weight is 293 g/mol. The van der Waals surface area contributed by atoms with Gasteiger partial charge in [-0.05, 0) is 24.0 Å². The van der Waals surface area contributed by atoms with Crippen molar-refractivity contribution in [3.63, 3.8) is 0 Å².